The number of rotatable bonds is 4. The molecule has 0 saturated heterocycles. The van der Waals surface area contributed by atoms with Crippen molar-refractivity contribution in [2.24, 2.45) is 7.05 Å². The number of carbonyl (C=O) groups excluding carboxylic acids is 2. The third kappa shape index (κ3) is 3.73. The SMILES string of the molecule is Cc1cc2c(c(=O)n1C)-c1sccc1C(C)C(=O)N2CC(=O)Nc1ccc(C(F)F)cc1. The van der Waals surface area contributed by atoms with E-state index in [-0.39, 0.29) is 23.6 Å². The standard InChI is InChI=1S/C23H21F2N3O3S/c1-12-10-17-19(23(31)27(12)3)20-16(8-9-32-20)13(2)22(30)28(17)11-18(29)26-15-6-4-14(5-7-15)21(24)25/h4-10,13,21H,11H2,1-3H3,(H,26,29). The molecule has 1 aromatic carbocycles. The Hall–Kier alpha value is -3.33. The first-order valence-corrected chi connectivity index (χ1v) is 10.8. The molecule has 0 fully saturated rings. The van der Waals surface area contributed by atoms with Crippen LogP contribution in [-0.2, 0) is 16.6 Å². The van der Waals surface area contributed by atoms with Crippen LogP contribution in [0.15, 0.2) is 46.6 Å². The van der Waals surface area contributed by atoms with Gasteiger partial charge in [0.1, 0.15) is 6.54 Å². The van der Waals surface area contributed by atoms with Crippen LogP contribution >= 0.6 is 11.3 Å². The van der Waals surface area contributed by atoms with Crippen molar-refractivity contribution >= 4 is 34.5 Å². The fraction of sp³-hybridized carbons (Fsp3) is 0.261. The number of aromatic nitrogens is 1. The number of nitrogens with zero attached hydrogens (tertiary/aromatic N) is 2. The number of aryl methyl sites for hydroxylation is 1. The van der Waals surface area contributed by atoms with Gasteiger partial charge < -0.3 is 14.8 Å². The number of halogens is 2. The lowest BCUT2D eigenvalue weighted by Crippen LogP contribution is -2.40. The molecule has 0 aliphatic carbocycles. The van der Waals surface area contributed by atoms with Crippen molar-refractivity contribution in [2.75, 3.05) is 16.8 Å². The van der Waals surface area contributed by atoms with E-state index in [0.717, 1.165) is 10.4 Å². The summed E-state index contributed by atoms with van der Waals surface area (Å²) < 4.78 is 27.0. The average Bonchev–Trinajstić information content (AvgIpc) is 3.21. The summed E-state index contributed by atoms with van der Waals surface area (Å²) in [5, 5.41) is 4.49. The number of hydrogen-bond acceptors (Lipinski definition) is 4. The van der Waals surface area contributed by atoms with Gasteiger partial charge in [0.2, 0.25) is 11.8 Å². The average molecular weight is 458 g/mol. The molecule has 2 amide bonds. The van der Waals surface area contributed by atoms with Crippen molar-refractivity contribution in [3.8, 4) is 10.4 Å². The topological polar surface area (TPSA) is 71.4 Å². The van der Waals surface area contributed by atoms with Gasteiger partial charge in [-0.25, -0.2) is 8.78 Å². The minimum absolute atomic E-state index is 0.147. The van der Waals surface area contributed by atoms with Crippen LogP contribution in [0.4, 0.5) is 20.2 Å². The lowest BCUT2D eigenvalue weighted by Gasteiger charge is -2.25. The highest BCUT2D eigenvalue weighted by atomic mass is 32.1. The van der Waals surface area contributed by atoms with Gasteiger partial charge in [-0.1, -0.05) is 12.1 Å². The van der Waals surface area contributed by atoms with Crippen LogP contribution in [0.1, 0.15) is 36.1 Å². The lowest BCUT2D eigenvalue weighted by molar-refractivity contribution is -0.122. The summed E-state index contributed by atoms with van der Waals surface area (Å²) in [6.07, 6.45) is -2.60. The Balaban J connectivity index is 1.71. The highest BCUT2D eigenvalue weighted by Crippen LogP contribution is 2.42. The third-order valence-corrected chi connectivity index (χ3v) is 6.66. The second-order valence-electron chi connectivity index (χ2n) is 7.73. The van der Waals surface area contributed by atoms with E-state index in [1.807, 2.05) is 11.4 Å². The molecule has 1 N–H and O–H groups in total. The van der Waals surface area contributed by atoms with Crippen LogP contribution in [0.25, 0.3) is 10.4 Å². The molecule has 1 atom stereocenters. The largest absolute Gasteiger partial charge is 0.325 e. The van der Waals surface area contributed by atoms with E-state index >= 15 is 0 Å². The lowest BCUT2D eigenvalue weighted by atomic mass is 10.0. The monoisotopic (exact) mass is 457 g/mol. The molecule has 1 unspecified atom stereocenters. The number of carbonyl (C=O) groups is 2. The van der Waals surface area contributed by atoms with Gasteiger partial charge in [-0.05, 0) is 49.1 Å². The minimum Gasteiger partial charge on any atom is -0.325 e. The van der Waals surface area contributed by atoms with Crippen LogP contribution in [-0.4, -0.2) is 22.9 Å². The Labute approximate surface area is 187 Å². The first-order valence-electron chi connectivity index (χ1n) is 9.96. The summed E-state index contributed by atoms with van der Waals surface area (Å²) in [5.41, 5.74) is 2.16. The zero-order valence-electron chi connectivity index (χ0n) is 17.7. The zero-order valence-corrected chi connectivity index (χ0v) is 18.5. The Morgan fingerprint density at radius 3 is 2.53 bits per heavy atom. The summed E-state index contributed by atoms with van der Waals surface area (Å²) in [4.78, 5) is 41.3. The van der Waals surface area contributed by atoms with Crippen molar-refractivity contribution in [3.05, 3.63) is 69.0 Å². The van der Waals surface area contributed by atoms with Crippen molar-refractivity contribution in [1.29, 1.82) is 0 Å². The Kier molecular flexibility index (Phi) is 5.68. The summed E-state index contributed by atoms with van der Waals surface area (Å²) in [6, 6.07) is 8.82. The van der Waals surface area contributed by atoms with Crippen molar-refractivity contribution in [3.63, 3.8) is 0 Å². The molecule has 32 heavy (non-hydrogen) atoms. The fourth-order valence-electron chi connectivity index (χ4n) is 3.80. The minimum atomic E-state index is -2.60. The van der Waals surface area contributed by atoms with Gasteiger partial charge in [-0.15, -0.1) is 11.3 Å². The Morgan fingerprint density at radius 2 is 1.88 bits per heavy atom. The first kappa shape index (κ1) is 21.9. The van der Waals surface area contributed by atoms with E-state index in [0.29, 0.717) is 22.6 Å². The highest BCUT2D eigenvalue weighted by molar-refractivity contribution is 7.13. The molecule has 9 heteroatoms. The van der Waals surface area contributed by atoms with Crippen molar-refractivity contribution in [1.82, 2.24) is 4.57 Å². The van der Waals surface area contributed by atoms with E-state index in [9.17, 15) is 23.2 Å². The summed E-state index contributed by atoms with van der Waals surface area (Å²) in [5.74, 6) is -1.32. The first-order chi connectivity index (χ1) is 15.2. The molecule has 6 nitrogen and oxygen atoms in total. The molecule has 0 radical (unpaired) electrons. The molecular weight excluding hydrogens is 436 g/mol. The number of alkyl halides is 2. The van der Waals surface area contributed by atoms with E-state index < -0.39 is 18.3 Å². The number of hydrogen-bond donors (Lipinski definition) is 1. The fourth-order valence-corrected chi connectivity index (χ4v) is 4.84. The Bertz CT molecular complexity index is 1260. The number of anilines is 2. The quantitative estimate of drug-likeness (QED) is 0.629. The number of fused-ring (bicyclic) bond motifs is 3. The van der Waals surface area contributed by atoms with Crippen LogP contribution < -0.4 is 15.8 Å². The summed E-state index contributed by atoms with van der Waals surface area (Å²) in [6.45, 7) is 3.21. The molecular formula is C23H21F2N3O3S. The predicted molar refractivity (Wildman–Crippen MR) is 121 cm³/mol. The predicted octanol–water partition coefficient (Wildman–Crippen LogP) is 4.45. The zero-order chi connectivity index (χ0) is 23.2. The van der Waals surface area contributed by atoms with E-state index in [2.05, 4.69) is 5.32 Å². The molecule has 0 bridgehead atoms. The normalized spacial score (nSPS) is 15.4. The Morgan fingerprint density at radius 1 is 1.19 bits per heavy atom. The van der Waals surface area contributed by atoms with E-state index in [4.69, 9.17) is 0 Å². The molecule has 0 spiro atoms. The molecule has 1 aliphatic heterocycles. The van der Waals surface area contributed by atoms with Gasteiger partial charge in [0, 0.05) is 28.9 Å². The molecule has 4 rings (SSSR count). The van der Waals surface area contributed by atoms with Crippen LogP contribution in [0.3, 0.4) is 0 Å². The maximum atomic E-state index is 13.3. The van der Waals surface area contributed by atoms with Crippen molar-refractivity contribution in [2.45, 2.75) is 26.2 Å². The van der Waals surface area contributed by atoms with Gasteiger partial charge in [-0.2, -0.15) is 0 Å². The second kappa shape index (κ2) is 8.31. The molecule has 1 aliphatic rings. The molecule has 2 aromatic heterocycles. The van der Waals surface area contributed by atoms with Gasteiger partial charge in [0.15, 0.2) is 0 Å². The van der Waals surface area contributed by atoms with Gasteiger partial charge in [-0.3, -0.25) is 14.4 Å². The highest BCUT2D eigenvalue weighted by Gasteiger charge is 2.35. The van der Waals surface area contributed by atoms with E-state index in [1.165, 1.54) is 45.1 Å². The smallest absolute Gasteiger partial charge is 0.263 e. The second-order valence-corrected chi connectivity index (χ2v) is 8.65. The van der Waals surface area contributed by atoms with Crippen LogP contribution in [0.5, 0.6) is 0 Å². The molecule has 3 heterocycles. The van der Waals surface area contributed by atoms with Gasteiger partial charge >= 0.3 is 0 Å². The number of amides is 2. The summed E-state index contributed by atoms with van der Waals surface area (Å²) >= 11 is 1.39. The van der Waals surface area contributed by atoms with E-state index in [1.54, 1.807) is 27.0 Å². The van der Waals surface area contributed by atoms with Crippen LogP contribution in [0, 0.1) is 6.92 Å². The maximum Gasteiger partial charge on any atom is 0.263 e. The van der Waals surface area contributed by atoms with Gasteiger partial charge in [0.05, 0.1) is 17.2 Å². The molecule has 3 aromatic rings. The van der Waals surface area contributed by atoms with Gasteiger partial charge in [0.25, 0.3) is 12.0 Å². The molecule has 166 valence electrons. The summed E-state index contributed by atoms with van der Waals surface area (Å²) in [7, 11) is 1.67. The number of pyridine rings is 1. The number of benzene rings is 1. The number of nitrogens with one attached hydrogen (secondary N) is 1. The molecule has 0 saturated carbocycles. The number of thiophene rings is 1. The maximum absolute atomic E-state index is 13.3. The van der Waals surface area contributed by atoms with Crippen LogP contribution in [0.2, 0.25) is 0 Å². The van der Waals surface area contributed by atoms with Crippen molar-refractivity contribution < 1.29 is 18.4 Å². The third-order valence-electron chi connectivity index (χ3n) is 5.71.